The van der Waals surface area contributed by atoms with Gasteiger partial charge in [-0.25, -0.2) is 19.6 Å². The third-order valence-electron chi connectivity index (χ3n) is 12.6. The second-order valence-electron chi connectivity index (χ2n) is 17.6. The molecule has 0 aliphatic carbocycles. The molecule has 0 bridgehead atoms. The molecule has 62 heavy (non-hydrogen) atoms. The fourth-order valence-electron chi connectivity index (χ4n) is 9.32. The van der Waals surface area contributed by atoms with Crippen molar-refractivity contribution in [2.75, 3.05) is 47.9 Å². The maximum absolute atomic E-state index is 13.9. The number of methoxy groups -OCH3 is 2. The Labute approximate surface area is 364 Å². The quantitative estimate of drug-likeness (QED) is 0.127. The molecule has 0 radical (unpaired) electrons. The number of nitrogens with zero attached hydrogens (tertiary/aromatic N) is 6. The molecule has 0 spiro atoms. The van der Waals surface area contributed by atoms with Crippen molar-refractivity contribution in [2.24, 2.45) is 23.7 Å². The van der Waals surface area contributed by atoms with Gasteiger partial charge in [-0.05, 0) is 77.0 Å². The van der Waals surface area contributed by atoms with Gasteiger partial charge >= 0.3 is 12.2 Å². The number of likely N-dealkylation sites (tertiary alicyclic amines) is 2. The molecule has 3 aromatic carbocycles. The standard InChI is InChI=1S/C48H60N8O6/c1-10-31(27-53(6)47(59)61-8)45(57)55-25-30(5)22-41(55)44-50-37-20-19-36(23-38(37)51-44)34-13-11-32(12-14-34)33-15-17-35(18-16-33)39-24-49-43(52-39)40-21-29(4)26-56(40)46(58)42(28(2)3)54(7)48(60)62-9/h11-20,23-24,28-31,40-42H,10,21-22,25-27H2,1-9H3,(H,49,52)(H,50,51)/t29-,30-,31-,40-,41-,42-/m0/s1. The molecule has 2 N–H and O–H groups in total. The summed E-state index contributed by atoms with van der Waals surface area (Å²) < 4.78 is 9.79. The number of hydrogen-bond acceptors (Lipinski definition) is 8. The average Bonchev–Trinajstić information content (AvgIpc) is 4.10. The van der Waals surface area contributed by atoms with Crippen LogP contribution < -0.4 is 0 Å². The fraction of sp³-hybridized carbons (Fsp3) is 0.458. The van der Waals surface area contributed by atoms with Gasteiger partial charge in [-0.15, -0.1) is 0 Å². The predicted octanol–water partition coefficient (Wildman–Crippen LogP) is 8.55. The molecule has 5 aromatic rings. The number of H-pyrrole nitrogens is 2. The van der Waals surface area contributed by atoms with Crippen LogP contribution in [0.25, 0.3) is 44.5 Å². The molecule has 328 valence electrons. The number of amides is 4. The molecular formula is C48H60N8O6. The number of likely N-dealkylation sites (N-methyl/N-ethyl adjacent to an activating group) is 1. The van der Waals surface area contributed by atoms with E-state index in [9.17, 15) is 19.2 Å². The number of nitrogens with one attached hydrogen (secondary N) is 2. The topological polar surface area (TPSA) is 157 Å². The van der Waals surface area contributed by atoms with E-state index >= 15 is 0 Å². The van der Waals surface area contributed by atoms with Crippen LogP contribution in [-0.4, -0.2) is 118 Å². The molecule has 0 unspecified atom stereocenters. The molecule has 4 amide bonds. The van der Waals surface area contributed by atoms with Crippen molar-refractivity contribution < 1.29 is 28.7 Å². The van der Waals surface area contributed by atoms with E-state index in [4.69, 9.17) is 19.4 Å². The number of imidazole rings is 2. The zero-order chi connectivity index (χ0) is 44.4. The lowest BCUT2D eigenvalue weighted by molar-refractivity contribution is -0.139. The van der Waals surface area contributed by atoms with Crippen molar-refractivity contribution in [3.05, 3.63) is 84.6 Å². The van der Waals surface area contributed by atoms with Crippen LogP contribution in [0.3, 0.4) is 0 Å². The third kappa shape index (κ3) is 8.91. The number of benzene rings is 3. The van der Waals surface area contributed by atoms with Gasteiger partial charge in [-0.2, -0.15) is 0 Å². The monoisotopic (exact) mass is 844 g/mol. The zero-order valence-corrected chi connectivity index (χ0v) is 37.3. The van der Waals surface area contributed by atoms with E-state index in [0.717, 1.165) is 69.0 Å². The number of fused-ring (bicyclic) bond motifs is 1. The Hall–Kier alpha value is -6.18. The Morgan fingerprint density at radius 3 is 1.84 bits per heavy atom. The van der Waals surface area contributed by atoms with E-state index in [2.05, 4.69) is 84.5 Å². The lowest BCUT2D eigenvalue weighted by Gasteiger charge is -2.34. The van der Waals surface area contributed by atoms with Crippen molar-refractivity contribution in [2.45, 2.75) is 72.0 Å². The SMILES string of the molecule is CC[C@@H](CN(C)C(=O)OC)C(=O)N1C[C@@H](C)C[C@H]1c1nc2ccc(-c3ccc(-c4ccc(-c5cnc([C@@H]6C[C@H](C)CN6C(=O)[C@H](C(C)C)N(C)C(=O)OC)[nH]5)cc4)cc3)cc2[nH]1. The largest absolute Gasteiger partial charge is 0.453 e. The van der Waals surface area contributed by atoms with Gasteiger partial charge in [0.2, 0.25) is 11.8 Å². The van der Waals surface area contributed by atoms with Crippen LogP contribution in [0.1, 0.15) is 77.6 Å². The fourth-order valence-corrected chi connectivity index (χ4v) is 9.32. The summed E-state index contributed by atoms with van der Waals surface area (Å²) in [4.78, 5) is 75.7. The lowest BCUT2D eigenvalue weighted by Crippen LogP contribution is -2.52. The molecular weight excluding hydrogens is 785 g/mol. The van der Waals surface area contributed by atoms with Gasteiger partial charge in [0, 0.05) is 33.7 Å². The minimum absolute atomic E-state index is 0.0304. The van der Waals surface area contributed by atoms with Crippen LogP contribution in [-0.2, 0) is 19.1 Å². The highest BCUT2D eigenvalue weighted by Crippen LogP contribution is 2.38. The van der Waals surface area contributed by atoms with E-state index < -0.39 is 18.2 Å². The summed E-state index contributed by atoms with van der Waals surface area (Å²) in [5.41, 5.74) is 7.92. The summed E-state index contributed by atoms with van der Waals surface area (Å²) in [6.07, 6.45) is 3.03. The van der Waals surface area contributed by atoms with E-state index in [1.807, 2.05) is 42.8 Å². The molecule has 14 nitrogen and oxygen atoms in total. The van der Waals surface area contributed by atoms with E-state index in [1.165, 1.54) is 24.0 Å². The average molecular weight is 845 g/mol. The van der Waals surface area contributed by atoms with E-state index in [1.54, 1.807) is 14.1 Å². The molecule has 7 rings (SSSR count). The van der Waals surface area contributed by atoms with Gasteiger partial charge < -0.3 is 34.1 Å². The number of carbonyl (C=O) groups is 4. The Kier molecular flexibility index (Phi) is 13.0. The molecule has 2 aliphatic heterocycles. The Morgan fingerprint density at radius 1 is 0.742 bits per heavy atom. The number of aromatic amines is 2. The maximum atomic E-state index is 13.9. The molecule has 2 fully saturated rings. The summed E-state index contributed by atoms with van der Waals surface area (Å²) >= 11 is 0. The minimum atomic E-state index is -0.647. The molecule has 6 atom stereocenters. The van der Waals surface area contributed by atoms with Crippen molar-refractivity contribution in [1.82, 2.24) is 39.5 Å². The Morgan fingerprint density at radius 2 is 1.27 bits per heavy atom. The highest BCUT2D eigenvalue weighted by molar-refractivity contribution is 5.87. The van der Waals surface area contributed by atoms with Crippen molar-refractivity contribution in [3.63, 3.8) is 0 Å². The van der Waals surface area contributed by atoms with Gasteiger partial charge in [-0.1, -0.05) is 89.2 Å². The Bertz CT molecular complexity index is 2390. The zero-order valence-electron chi connectivity index (χ0n) is 37.3. The molecule has 2 aromatic heterocycles. The molecule has 2 aliphatic rings. The number of aromatic nitrogens is 4. The minimum Gasteiger partial charge on any atom is -0.453 e. The first kappa shape index (κ1) is 43.9. The summed E-state index contributed by atoms with van der Waals surface area (Å²) in [6.45, 7) is 11.7. The van der Waals surface area contributed by atoms with Crippen LogP contribution in [0.4, 0.5) is 9.59 Å². The second-order valence-corrected chi connectivity index (χ2v) is 17.6. The number of hydrogen-bond donors (Lipinski definition) is 2. The van der Waals surface area contributed by atoms with Crippen LogP contribution in [0.15, 0.2) is 72.9 Å². The van der Waals surface area contributed by atoms with Crippen LogP contribution >= 0.6 is 0 Å². The second kappa shape index (κ2) is 18.4. The van der Waals surface area contributed by atoms with Gasteiger partial charge in [0.05, 0.1) is 55.1 Å². The van der Waals surface area contributed by atoms with Crippen LogP contribution in [0, 0.1) is 23.7 Å². The molecule has 0 saturated carbocycles. The van der Waals surface area contributed by atoms with Gasteiger partial charge in [0.1, 0.15) is 17.7 Å². The van der Waals surface area contributed by atoms with Gasteiger partial charge in [0.25, 0.3) is 0 Å². The summed E-state index contributed by atoms with van der Waals surface area (Å²) in [5.74, 6) is 1.61. The molecule has 14 heteroatoms. The van der Waals surface area contributed by atoms with Crippen molar-refractivity contribution >= 4 is 35.0 Å². The number of carbonyl (C=O) groups excluding carboxylic acids is 4. The first-order chi connectivity index (χ1) is 29.7. The molecule has 2 saturated heterocycles. The number of ether oxygens (including phenoxy) is 2. The highest BCUT2D eigenvalue weighted by Gasteiger charge is 2.42. The van der Waals surface area contributed by atoms with Crippen LogP contribution in [0.5, 0.6) is 0 Å². The highest BCUT2D eigenvalue weighted by atomic mass is 16.5. The first-order valence-corrected chi connectivity index (χ1v) is 21.7. The summed E-state index contributed by atoms with van der Waals surface area (Å²) in [6, 6.07) is 22.0. The van der Waals surface area contributed by atoms with E-state index in [-0.39, 0.29) is 41.7 Å². The first-order valence-electron chi connectivity index (χ1n) is 21.7. The van der Waals surface area contributed by atoms with Crippen LogP contribution in [0.2, 0.25) is 0 Å². The normalized spacial score (nSPS) is 19.8. The summed E-state index contributed by atoms with van der Waals surface area (Å²) in [7, 11) is 5.94. The smallest absolute Gasteiger partial charge is 0.409 e. The maximum Gasteiger partial charge on any atom is 0.409 e. The molecule has 4 heterocycles. The van der Waals surface area contributed by atoms with E-state index in [0.29, 0.717) is 32.0 Å². The summed E-state index contributed by atoms with van der Waals surface area (Å²) in [5, 5.41) is 0. The van der Waals surface area contributed by atoms with Gasteiger partial charge in [-0.3, -0.25) is 14.5 Å². The van der Waals surface area contributed by atoms with Gasteiger partial charge in [0.15, 0.2) is 0 Å². The Balaban J connectivity index is 1.03. The lowest BCUT2D eigenvalue weighted by atomic mass is 9.99. The number of rotatable bonds is 12. The van der Waals surface area contributed by atoms with Crippen molar-refractivity contribution in [1.29, 1.82) is 0 Å². The van der Waals surface area contributed by atoms with Crippen molar-refractivity contribution in [3.8, 4) is 33.5 Å². The predicted molar refractivity (Wildman–Crippen MR) is 239 cm³/mol. The third-order valence-corrected chi connectivity index (χ3v) is 12.6.